The fourth-order valence-corrected chi connectivity index (χ4v) is 5.58. The highest BCUT2D eigenvalue weighted by molar-refractivity contribution is 5.78. The Kier molecular flexibility index (Phi) is 5.69. The predicted octanol–water partition coefficient (Wildman–Crippen LogP) is 3.82. The van der Waals surface area contributed by atoms with Crippen molar-refractivity contribution in [2.75, 3.05) is 13.7 Å². The minimum absolute atomic E-state index is 0.0990. The summed E-state index contributed by atoms with van der Waals surface area (Å²) in [5.74, 6) is 0.0927. The van der Waals surface area contributed by atoms with Crippen LogP contribution in [0.1, 0.15) is 43.2 Å². The third kappa shape index (κ3) is 4.12. The van der Waals surface area contributed by atoms with Crippen molar-refractivity contribution < 1.29 is 13.9 Å². The molecule has 3 aliphatic rings. The maximum Gasteiger partial charge on any atom is 0.253 e. The normalized spacial score (nSPS) is 23.4. The SMILES string of the molecule is COc1ccc2ncc(F)c(CCC34CCC(NCc5cc6ncccc6[nH]c5=O)(CC3)CO4)c2n1. The third-order valence-electron chi connectivity index (χ3n) is 7.90. The van der Waals surface area contributed by atoms with Crippen LogP contribution in [0.2, 0.25) is 0 Å². The summed E-state index contributed by atoms with van der Waals surface area (Å²) in [5.41, 5.74) is 3.41. The lowest BCUT2D eigenvalue weighted by Crippen LogP contribution is -2.61. The van der Waals surface area contributed by atoms with E-state index >= 15 is 0 Å². The first-order valence-corrected chi connectivity index (χ1v) is 12.3. The van der Waals surface area contributed by atoms with Crippen LogP contribution in [0.5, 0.6) is 5.88 Å². The second kappa shape index (κ2) is 8.90. The molecule has 9 heteroatoms. The number of nitrogens with one attached hydrogen (secondary N) is 2. The molecule has 0 aromatic carbocycles. The van der Waals surface area contributed by atoms with Crippen LogP contribution >= 0.6 is 0 Å². The van der Waals surface area contributed by atoms with Gasteiger partial charge in [-0.15, -0.1) is 0 Å². The lowest BCUT2D eigenvalue weighted by Gasteiger charge is -2.53. The Bertz CT molecular complexity index is 1480. The van der Waals surface area contributed by atoms with E-state index in [1.807, 2.05) is 18.2 Å². The molecule has 2 saturated heterocycles. The van der Waals surface area contributed by atoms with Crippen molar-refractivity contribution >= 4 is 22.1 Å². The van der Waals surface area contributed by atoms with Crippen molar-refractivity contribution in [3.05, 3.63) is 70.0 Å². The maximum absolute atomic E-state index is 14.8. The number of H-pyrrole nitrogens is 1. The number of hydrogen-bond acceptors (Lipinski definition) is 7. The summed E-state index contributed by atoms with van der Waals surface area (Å²) >= 11 is 0. The fraction of sp³-hybridized carbons (Fsp3) is 0.407. The van der Waals surface area contributed by atoms with E-state index in [2.05, 4.69) is 25.3 Å². The number of ether oxygens (including phenoxy) is 2. The van der Waals surface area contributed by atoms with Crippen molar-refractivity contribution in [3.8, 4) is 5.88 Å². The maximum atomic E-state index is 14.8. The molecule has 0 spiro atoms. The summed E-state index contributed by atoms with van der Waals surface area (Å²) < 4.78 is 26.4. The molecule has 1 aliphatic carbocycles. The molecule has 0 unspecified atom stereocenters. The first kappa shape index (κ1) is 23.0. The van der Waals surface area contributed by atoms with E-state index in [9.17, 15) is 9.18 Å². The van der Waals surface area contributed by atoms with Gasteiger partial charge in [-0.2, -0.15) is 0 Å². The highest BCUT2D eigenvalue weighted by Gasteiger charge is 2.49. The Morgan fingerprint density at radius 2 is 2.03 bits per heavy atom. The van der Waals surface area contributed by atoms with Crippen molar-refractivity contribution in [1.29, 1.82) is 0 Å². The molecule has 7 rings (SSSR count). The lowest BCUT2D eigenvalue weighted by atomic mass is 9.69. The van der Waals surface area contributed by atoms with Crippen LogP contribution in [0.3, 0.4) is 0 Å². The molecule has 4 aromatic heterocycles. The molecule has 4 aromatic rings. The van der Waals surface area contributed by atoms with Crippen LogP contribution in [0.25, 0.3) is 22.1 Å². The zero-order valence-corrected chi connectivity index (χ0v) is 20.1. The second-order valence-corrected chi connectivity index (χ2v) is 9.97. The van der Waals surface area contributed by atoms with Crippen LogP contribution in [0.4, 0.5) is 4.39 Å². The van der Waals surface area contributed by atoms with E-state index in [4.69, 9.17) is 9.47 Å². The average Bonchev–Trinajstić information content (AvgIpc) is 2.92. The van der Waals surface area contributed by atoms with Gasteiger partial charge >= 0.3 is 0 Å². The highest BCUT2D eigenvalue weighted by Crippen LogP contribution is 2.46. The van der Waals surface area contributed by atoms with Gasteiger partial charge in [0.05, 0.1) is 47.6 Å². The largest absolute Gasteiger partial charge is 0.481 e. The van der Waals surface area contributed by atoms with Gasteiger partial charge in [0.25, 0.3) is 5.56 Å². The number of nitrogens with zero attached hydrogens (tertiary/aromatic N) is 3. The van der Waals surface area contributed by atoms with Crippen LogP contribution in [0.15, 0.2) is 47.5 Å². The van der Waals surface area contributed by atoms with E-state index in [1.54, 1.807) is 25.4 Å². The highest BCUT2D eigenvalue weighted by atomic mass is 19.1. The van der Waals surface area contributed by atoms with Gasteiger partial charge in [-0.1, -0.05) is 0 Å². The molecule has 0 atom stereocenters. The van der Waals surface area contributed by atoms with Crippen molar-refractivity contribution in [2.45, 2.75) is 56.2 Å². The Hall–Kier alpha value is -3.43. The summed E-state index contributed by atoms with van der Waals surface area (Å²) in [5, 5.41) is 3.62. The predicted molar refractivity (Wildman–Crippen MR) is 133 cm³/mol. The number of halogens is 1. The molecule has 8 nitrogen and oxygen atoms in total. The molecule has 0 radical (unpaired) electrons. The molecule has 0 amide bonds. The first-order valence-electron chi connectivity index (χ1n) is 12.3. The summed E-state index contributed by atoms with van der Waals surface area (Å²) in [6.07, 6.45) is 7.89. The topological polar surface area (TPSA) is 102 Å². The summed E-state index contributed by atoms with van der Waals surface area (Å²) in [7, 11) is 1.55. The molecule has 6 heterocycles. The van der Waals surface area contributed by atoms with Crippen molar-refractivity contribution in [1.82, 2.24) is 25.3 Å². The minimum Gasteiger partial charge on any atom is -0.481 e. The summed E-state index contributed by atoms with van der Waals surface area (Å²) in [4.78, 5) is 28.4. The smallest absolute Gasteiger partial charge is 0.253 e. The van der Waals surface area contributed by atoms with E-state index in [0.29, 0.717) is 54.0 Å². The van der Waals surface area contributed by atoms with Gasteiger partial charge < -0.3 is 19.8 Å². The fourth-order valence-electron chi connectivity index (χ4n) is 5.58. The Labute approximate surface area is 207 Å². The molecular weight excluding hydrogens is 461 g/mol. The number of pyridine rings is 4. The van der Waals surface area contributed by atoms with E-state index < -0.39 is 0 Å². The molecule has 36 heavy (non-hydrogen) atoms. The monoisotopic (exact) mass is 489 g/mol. The first-order chi connectivity index (χ1) is 17.5. The van der Waals surface area contributed by atoms with Crippen LogP contribution < -0.4 is 15.6 Å². The molecular formula is C27H28FN5O3. The standard InChI is InChI=1S/C27H28FN5O3/c1-35-23-5-4-21-24(33-23)18(19(28)15-30-21)6-7-27-10-8-26(9-11-27,16-36-27)31-14-17-13-22-20(32-25(17)34)3-2-12-29-22/h2-5,12-13,15,31H,6-11,14,16H2,1H3,(H,32,34). The number of hydrogen-bond donors (Lipinski definition) is 2. The second-order valence-electron chi connectivity index (χ2n) is 9.97. The van der Waals surface area contributed by atoms with Gasteiger partial charge in [0.2, 0.25) is 5.88 Å². The number of methoxy groups -OCH3 is 1. The molecule has 3 fully saturated rings. The van der Waals surface area contributed by atoms with Crippen LogP contribution in [-0.4, -0.2) is 44.8 Å². The molecule has 2 N–H and O–H groups in total. The van der Waals surface area contributed by atoms with Crippen molar-refractivity contribution in [3.63, 3.8) is 0 Å². The number of aromatic amines is 1. The van der Waals surface area contributed by atoms with E-state index in [1.165, 1.54) is 6.20 Å². The van der Waals surface area contributed by atoms with E-state index in [0.717, 1.165) is 36.7 Å². The van der Waals surface area contributed by atoms with Gasteiger partial charge in [-0.3, -0.25) is 14.8 Å². The van der Waals surface area contributed by atoms with Crippen molar-refractivity contribution in [2.24, 2.45) is 0 Å². The van der Waals surface area contributed by atoms with Gasteiger partial charge in [-0.05, 0) is 62.8 Å². The number of aryl methyl sites for hydroxylation is 1. The summed E-state index contributed by atoms with van der Waals surface area (Å²) in [6.45, 7) is 1.03. The van der Waals surface area contributed by atoms with Crippen LogP contribution in [-0.2, 0) is 17.7 Å². The molecule has 1 saturated carbocycles. The Balaban J connectivity index is 1.13. The molecule has 2 aliphatic heterocycles. The molecule has 186 valence electrons. The summed E-state index contributed by atoms with van der Waals surface area (Å²) in [6, 6.07) is 9.04. The zero-order chi connectivity index (χ0) is 24.8. The van der Waals surface area contributed by atoms with Gasteiger partial charge in [0.1, 0.15) is 5.82 Å². The number of aromatic nitrogens is 4. The Morgan fingerprint density at radius 3 is 2.81 bits per heavy atom. The zero-order valence-electron chi connectivity index (χ0n) is 20.1. The lowest BCUT2D eigenvalue weighted by molar-refractivity contribution is -0.165. The minimum atomic E-state index is -0.350. The van der Waals surface area contributed by atoms with Gasteiger partial charge in [-0.25, -0.2) is 9.37 Å². The molecule has 2 bridgehead atoms. The number of fused-ring (bicyclic) bond motifs is 5. The third-order valence-corrected chi connectivity index (χ3v) is 7.90. The average molecular weight is 490 g/mol. The van der Waals surface area contributed by atoms with E-state index in [-0.39, 0.29) is 22.5 Å². The van der Waals surface area contributed by atoms with Gasteiger partial charge in [0, 0.05) is 35.5 Å². The number of rotatable bonds is 7. The Morgan fingerprint density at radius 1 is 1.17 bits per heavy atom. The van der Waals surface area contributed by atoms with Gasteiger partial charge in [0.15, 0.2) is 0 Å². The quantitative estimate of drug-likeness (QED) is 0.407. The van der Waals surface area contributed by atoms with Crippen LogP contribution in [0, 0.1) is 5.82 Å².